The molecule has 0 amide bonds. The lowest BCUT2D eigenvalue weighted by Crippen LogP contribution is -2.24. The summed E-state index contributed by atoms with van der Waals surface area (Å²) in [7, 11) is 0. The van der Waals surface area contributed by atoms with Crippen molar-refractivity contribution in [3.63, 3.8) is 0 Å². The molecular weight excluding hydrogens is 369 g/mol. The highest BCUT2D eigenvalue weighted by Crippen LogP contribution is 2.44. The number of fused-ring (bicyclic) bond motifs is 1. The summed E-state index contributed by atoms with van der Waals surface area (Å²) < 4.78 is 49.4. The Hall–Kier alpha value is -2.21. The molecule has 0 spiro atoms. The van der Waals surface area contributed by atoms with Gasteiger partial charge in [-0.25, -0.2) is 4.79 Å². The number of cyclic esters (lactones) is 1. The van der Waals surface area contributed by atoms with Crippen molar-refractivity contribution in [3.8, 4) is 11.5 Å². The van der Waals surface area contributed by atoms with Crippen LogP contribution < -0.4 is 4.74 Å². The molecule has 0 saturated heterocycles. The van der Waals surface area contributed by atoms with Crippen LogP contribution in [0.3, 0.4) is 0 Å². The van der Waals surface area contributed by atoms with Gasteiger partial charge in [-0.05, 0) is 49.2 Å². The summed E-state index contributed by atoms with van der Waals surface area (Å²) in [5, 5.41) is -0.148. The van der Waals surface area contributed by atoms with Crippen LogP contribution in [0.1, 0.15) is 48.2 Å². The van der Waals surface area contributed by atoms with Gasteiger partial charge in [-0.15, -0.1) is 0 Å². The van der Waals surface area contributed by atoms with E-state index >= 15 is 0 Å². The first-order chi connectivity index (χ1) is 12.2. The van der Waals surface area contributed by atoms with Gasteiger partial charge in [0, 0.05) is 5.56 Å². The van der Waals surface area contributed by atoms with E-state index in [1.54, 1.807) is 18.2 Å². The molecule has 2 aromatic carbocycles. The van der Waals surface area contributed by atoms with Gasteiger partial charge in [0.1, 0.15) is 17.1 Å². The van der Waals surface area contributed by atoms with Gasteiger partial charge in [0.2, 0.25) is 0 Å². The van der Waals surface area contributed by atoms with Crippen molar-refractivity contribution in [1.29, 1.82) is 0 Å². The molecule has 0 N–H and O–H groups in total. The minimum Gasteiger partial charge on any atom is -0.456 e. The lowest BCUT2D eigenvalue weighted by atomic mass is 9.87. The summed E-state index contributed by atoms with van der Waals surface area (Å²) in [4.78, 5) is 12.1. The molecule has 26 heavy (non-hydrogen) atoms. The second kappa shape index (κ2) is 6.50. The monoisotopic (exact) mass is 384 g/mol. The van der Waals surface area contributed by atoms with Crippen LogP contribution in [-0.2, 0) is 16.5 Å². The first kappa shape index (κ1) is 18.6. The zero-order valence-electron chi connectivity index (χ0n) is 14.1. The van der Waals surface area contributed by atoms with Crippen LogP contribution >= 0.6 is 11.6 Å². The number of alkyl halides is 3. The average Bonchev–Trinajstić information content (AvgIpc) is 2.88. The molecule has 0 aliphatic carbocycles. The SMILES string of the molecule is CCC1(CC)OC(=O)c2ccc(Oc3ccc(C(F)(F)F)cc3Cl)cc21. The Morgan fingerprint density at radius 1 is 1.12 bits per heavy atom. The van der Waals surface area contributed by atoms with E-state index < -0.39 is 17.3 Å². The molecule has 3 rings (SSSR count). The largest absolute Gasteiger partial charge is 0.456 e. The molecule has 0 fully saturated rings. The van der Waals surface area contributed by atoms with E-state index in [2.05, 4.69) is 0 Å². The first-order valence-corrected chi connectivity index (χ1v) is 8.50. The van der Waals surface area contributed by atoms with E-state index in [1.807, 2.05) is 13.8 Å². The summed E-state index contributed by atoms with van der Waals surface area (Å²) in [6.45, 7) is 3.85. The third-order valence-corrected chi connectivity index (χ3v) is 4.91. The van der Waals surface area contributed by atoms with Gasteiger partial charge in [-0.2, -0.15) is 13.2 Å². The fourth-order valence-electron chi connectivity index (χ4n) is 3.09. The second-order valence-electron chi connectivity index (χ2n) is 6.04. The smallest absolute Gasteiger partial charge is 0.416 e. The Bertz CT molecular complexity index is 858. The Morgan fingerprint density at radius 3 is 2.38 bits per heavy atom. The maximum absolute atomic E-state index is 12.7. The highest BCUT2D eigenvalue weighted by atomic mass is 35.5. The number of esters is 1. The minimum atomic E-state index is -4.48. The summed E-state index contributed by atoms with van der Waals surface area (Å²) in [6.07, 6.45) is -3.27. The molecule has 0 aromatic heterocycles. The van der Waals surface area contributed by atoms with Crippen molar-refractivity contribution in [1.82, 2.24) is 0 Å². The van der Waals surface area contributed by atoms with Gasteiger partial charge in [0.05, 0.1) is 16.1 Å². The van der Waals surface area contributed by atoms with Crippen molar-refractivity contribution in [3.05, 3.63) is 58.1 Å². The van der Waals surface area contributed by atoms with E-state index in [4.69, 9.17) is 21.1 Å². The standard InChI is InChI=1S/C19H16ClF3O3/c1-3-18(4-2)14-10-12(6-7-13(14)17(24)26-18)25-16-8-5-11(9-15(16)20)19(21,22)23/h5-10H,3-4H2,1-2H3. The Labute approximate surface area is 153 Å². The highest BCUT2D eigenvalue weighted by molar-refractivity contribution is 6.32. The fourth-order valence-corrected chi connectivity index (χ4v) is 3.31. The van der Waals surface area contributed by atoms with E-state index in [0.717, 1.165) is 12.1 Å². The molecule has 0 atom stereocenters. The van der Waals surface area contributed by atoms with Crippen molar-refractivity contribution in [2.75, 3.05) is 0 Å². The van der Waals surface area contributed by atoms with Crippen LogP contribution in [0.15, 0.2) is 36.4 Å². The van der Waals surface area contributed by atoms with Crippen molar-refractivity contribution < 1.29 is 27.4 Å². The highest BCUT2D eigenvalue weighted by Gasteiger charge is 2.43. The topological polar surface area (TPSA) is 35.5 Å². The Morgan fingerprint density at radius 2 is 1.81 bits per heavy atom. The number of halogens is 4. The maximum atomic E-state index is 12.7. The van der Waals surface area contributed by atoms with Crippen LogP contribution in [0.2, 0.25) is 5.02 Å². The van der Waals surface area contributed by atoms with E-state index in [9.17, 15) is 18.0 Å². The quantitative estimate of drug-likeness (QED) is 0.577. The summed E-state index contributed by atoms with van der Waals surface area (Å²) in [5.74, 6) is 0.0845. The fraction of sp³-hybridized carbons (Fsp3) is 0.316. The van der Waals surface area contributed by atoms with Crippen LogP contribution in [0.5, 0.6) is 11.5 Å². The molecule has 0 radical (unpaired) electrons. The molecule has 1 aliphatic heterocycles. The molecular formula is C19H16ClF3O3. The molecule has 3 nitrogen and oxygen atoms in total. The van der Waals surface area contributed by atoms with Gasteiger partial charge in [0.15, 0.2) is 0 Å². The third kappa shape index (κ3) is 3.14. The van der Waals surface area contributed by atoms with Gasteiger partial charge in [-0.3, -0.25) is 0 Å². The van der Waals surface area contributed by atoms with Gasteiger partial charge < -0.3 is 9.47 Å². The number of carbonyl (C=O) groups excluding carboxylic acids is 1. The molecule has 0 unspecified atom stereocenters. The first-order valence-electron chi connectivity index (χ1n) is 8.12. The zero-order valence-corrected chi connectivity index (χ0v) is 14.9. The average molecular weight is 385 g/mol. The number of ether oxygens (including phenoxy) is 2. The lowest BCUT2D eigenvalue weighted by molar-refractivity contribution is -0.137. The maximum Gasteiger partial charge on any atom is 0.416 e. The second-order valence-corrected chi connectivity index (χ2v) is 6.45. The van der Waals surface area contributed by atoms with Crippen LogP contribution in [0, 0.1) is 0 Å². The number of hydrogen-bond acceptors (Lipinski definition) is 3. The van der Waals surface area contributed by atoms with Crippen LogP contribution in [0.4, 0.5) is 13.2 Å². The van der Waals surface area contributed by atoms with Gasteiger partial charge in [-0.1, -0.05) is 25.4 Å². The lowest BCUT2D eigenvalue weighted by Gasteiger charge is -2.26. The molecule has 1 aliphatic rings. The summed E-state index contributed by atoms with van der Waals surface area (Å²) in [6, 6.07) is 7.74. The number of carbonyl (C=O) groups is 1. The van der Waals surface area contributed by atoms with Crippen molar-refractivity contribution >= 4 is 17.6 Å². The molecule has 2 aromatic rings. The van der Waals surface area contributed by atoms with E-state index in [-0.39, 0.29) is 16.7 Å². The molecule has 0 saturated carbocycles. The predicted molar refractivity (Wildman–Crippen MR) is 90.6 cm³/mol. The van der Waals surface area contributed by atoms with Crippen molar-refractivity contribution in [2.24, 2.45) is 0 Å². The van der Waals surface area contributed by atoms with Gasteiger partial charge >= 0.3 is 12.1 Å². The normalized spacial score (nSPS) is 15.5. The van der Waals surface area contributed by atoms with Crippen LogP contribution in [-0.4, -0.2) is 5.97 Å². The van der Waals surface area contributed by atoms with E-state index in [0.29, 0.717) is 29.7 Å². The molecule has 7 heteroatoms. The van der Waals surface area contributed by atoms with Crippen LogP contribution in [0.25, 0.3) is 0 Å². The minimum absolute atomic E-state index is 0.100. The molecule has 138 valence electrons. The Balaban J connectivity index is 1.95. The molecule has 0 bridgehead atoms. The molecule has 1 heterocycles. The van der Waals surface area contributed by atoms with Gasteiger partial charge in [0.25, 0.3) is 0 Å². The third-order valence-electron chi connectivity index (χ3n) is 4.62. The van der Waals surface area contributed by atoms with E-state index in [1.165, 1.54) is 6.07 Å². The summed E-state index contributed by atoms with van der Waals surface area (Å²) in [5.41, 5.74) is -0.373. The zero-order chi connectivity index (χ0) is 19.1. The summed E-state index contributed by atoms with van der Waals surface area (Å²) >= 11 is 5.93. The van der Waals surface area contributed by atoms with Crippen molar-refractivity contribution in [2.45, 2.75) is 38.5 Å². The Kier molecular flexibility index (Phi) is 4.65. The predicted octanol–water partition coefficient (Wildman–Crippen LogP) is 6.34. The number of benzene rings is 2. The number of hydrogen-bond donors (Lipinski definition) is 0. The number of rotatable bonds is 4.